The van der Waals surface area contributed by atoms with Gasteiger partial charge in [0, 0.05) is 18.3 Å². The first kappa shape index (κ1) is 18.2. The maximum Gasteiger partial charge on any atom is 0.410 e. The first-order valence-electron chi connectivity index (χ1n) is 6.99. The zero-order valence-corrected chi connectivity index (χ0v) is 13.3. The van der Waals surface area contributed by atoms with Gasteiger partial charge < -0.3 is 19.7 Å². The molecular weight excluding hydrogens is 304 g/mol. The predicted octanol–water partition coefficient (Wildman–Crippen LogP) is 2.15. The molecule has 1 aliphatic heterocycles. The first-order valence-corrected chi connectivity index (χ1v) is 7.50. The zero-order chi connectivity index (χ0) is 16.4. The predicted molar refractivity (Wildman–Crippen MR) is 88.1 cm³/mol. The van der Waals surface area contributed by atoms with Gasteiger partial charge in [0.25, 0.3) is 0 Å². The van der Waals surface area contributed by atoms with Crippen molar-refractivity contribution in [2.45, 2.75) is 17.7 Å². The molecule has 0 bridgehead atoms. The van der Waals surface area contributed by atoms with Crippen LogP contribution in [-0.4, -0.2) is 54.7 Å². The van der Waals surface area contributed by atoms with Crippen LogP contribution in [0.3, 0.4) is 0 Å². The molecule has 0 radical (unpaired) electrons. The lowest BCUT2D eigenvalue weighted by Crippen LogP contribution is -2.35. The van der Waals surface area contributed by atoms with E-state index in [1.807, 2.05) is 6.08 Å². The zero-order valence-electron chi connectivity index (χ0n) is 12.4. The molecule has 1 N–H and O–H groups in total. The Balaban J connectivity index is 2.42. The molecule has 2 atom stereocenters. The van der Waals surface area contributed by atoms with Gasteiger partial charge in [-0.1, -0.05) is 37.5 Å². The van der Waals surface area contributed by atoms with Crippen LogP contribution in [0.25, 0.3) is 0 Å². The minimum absolute atomic E-state index is 0.0918. The maximum atomic E-state index is 11.9. The summed E-state index contributed by atoms with van der Waals surface area (Å²) in [5.74, 6) is 0. The molecule has 0 spiro atoms. The Kier molecular flexibility index (Phi) is 8.21. The van der Waals surface area contributed by atoms with E-state index in [9.17, 15) is 9.59 Å². The lowest BCUT2D eigenvalue weighted by atomic mass is 10.2. The average Bonchev–Trinajstić information content (AvgIpc) is 2.88. The molecule has 1 rings (SSSR count). The summed E-state index contributed by atoms with van der Waals surface area (Å²) in [5.41, 5.74) is 0. The second-order valence-corrected chi connectivity index (χ2v) is 5.40. The molecule has 1 fully saturated rings. The number of nitrogens with zero attached hydrogens (tertiary/aromatic N) is 1. The number of carbonyl (C=O) groups is 2. The molecule has 0 aliphatic carbocycles. The van der Waals surface area contributed by atoms with Crippen molar-refractivity contribution in [3.05, 3.63) is 37.5 Å². The quantitative estimate of drug-likeness (QED) is 0.556. The van der Waals surface area contributed by atoms with Crippen LogP contribution in [-0.2, 0) is 9.47 Å². The number of likely N-dealkylation sites (tertiary alicyclic amines) is 1. The second-order valence-electron chi connectivity index (χ2n) is 4.67. The normalized spacial score (nSPS) is 20.7. The lowest BCUT2D eigenvalue weighted by Gasteiger charge is -2.21. The van der Waals surface area contributed by atoms with Gasteiger partial charge in [-0.25, -0.2) is 9.59 Å². The van der Waals surface area contributed by atoms with Crippen molar-refractivity contribution in [2.24, 2.45) is 0 Å². The van der Waals surface area contributed by atoms with Crippen LogP contribution >= 0.6 is 12.6 Å². The molecule has 2 unspecified atom stereocenters. The summed E-state index contributed by atoms with van der Waals surface area (Å²) < 4.78 is 9.82. The third-order valence-electron chi connectivity index (χ3n) is 2.94. The van der Waals surface area contributed by atoms with Crippen LogP contribution in [0.1, 0.15) is 6.42 Å². The van der Waals surface area contributed by atoms with Gasteiger partial charge in [-0.3, -0.25) is 0 Å². The molecule has 122 valence electrons. The average molecular weight is 326 g/mol. The van der Waals surface area contributed by atoms with E-state index in [2.05, 4.69) is 31.1 Å². The summed E-state index contributed by atoms with van der Waals surface area (Å²) in [5, 5.41) is 2.68. The number of alkyl carbamates (subject to hydrolysis) is 1. The summed E-state index contributed by atoms with van der Waals surface area (Å²) in [6.07, 6.45) is 6.50. The van der Waals surface area contributed by atoms with Crippen LogP contribution in [0.5, 0.6) is 0 Å². The molecule has 6 nitrogen and oxygen atoms in total. The Morgan fingerprint density at radius 2 is 1.95 bits per heavy atom. The number of hydrogen-bond donors (Lipinski definition) is 2. The molecule has 1 saturated heterocycles. The highest BCUT2D eigenvalue weighted by molar-refractivity contribution is 7.81. The number of amides is 2. The first-order chi connectivity index (χ1) is 10.6. The van der Waals surface area contributed by atoms with E-state index in [-0.39, 0.29) is 30.6 Å². The summed E-state index contributed by atoms with van der Waals surface area (Å²) in [6.45, 7) is 8.16. The Morgan fingerprint density at radius 1 is 1.27 bits per heavy atom. The highest BCUT2D eigenvalue weighted by Crippen LogP contribution is 2.23. The van der Waals surface area contributed by atoms with Crippen molar-refractivity contribution >= 4 is 24.8 Å². The Bertz CT molecular complexity index is 439. The summed E-state index contributed by atoms with van der Waals surface area (Å²) in [7, 11) is 0. The van der Waals surface area contributed by atoms with E-state index in [1.54, 1.807) is 11.0 Å². The fourth-order valence-corrected chi connectivity index (χ4v) is 2.39. The standard InChI is InChI=1S/C15H22N2O4S/c1-3-8-20-14(18)16-7-5-6-12-10-13(22)11-17(12)15(19)21-9-4-2/h3-6,12-13,22H,1-2,7-11H2,(H,16,18). The largest absolute Gasteiger partial charge is 0.445 e. The highest BCUT2D eigenvalue weighted by Gasteiger charge is 2.32. The second kappa shape index (κ2) is 9.94. The summed E-state index contributed by atoms with van der Waals surface area (Å²) >= 11 is 4.41. The van der Waals surface area contributed by atoms with Crippen LogP contribution < -0.4 is 5.32 Å². The number of rotatable bonds is 7. The van der Waals surface area contributed by atoms with E-state index in [0.29, 0.717) is 13.1 Å². The molecule has 22 heavy (non-hydrogen) atoms. The molecule has 7 heteroatoms. The minimum atomic E-state index is -0.509. The SMILES string of the molecule is C=CCOC(=O)NCC=CC1CC(S)CN1C(=O)OCC=C. The van der Waals surface area contributed by atoms with Crippen LogP contribution in [0, 0.1) is 0 Å². The number of nitrogens with one attached hydrogen (secondary N) is 1. The van der Waals surface area contributed by atoms with Crippen molar-refractivity contribution in [3.8, 4) is 0 Å². The topological polar surface area (TPSA) is 67.9 Å². The van der Waals surface area contributed by atoms with Gasteiger partial charge in [-0.2, -0.15) is 12.6 Å². The third-order valence-corrected chi connectivity index (χ3v) is 3.31. The van der Waals surface area contributed by atoms with Gasteiger partial charge >= 0.3 is 12.2 Å². The molecule has 0 aromatic heterocycles. The van der Waals surface area contributed by atoms with Crippen LogP contribution in [0.2, 0.25) is 0 Å². The number of hydrogen-bond acceptors (Lipinski definition) is 5. The molecule has 1 aliphatic rings. The van der Waals surface area contributed by atoms with Crippen molar-refractivity contribution in [2.75, 3.05) is 26.3 Å². The van der Waals surface area contributed by atoms with E-state index in [0.717, 1.165) is 6.42 Å². The fraction of sp³-hybridized carbons (Fsp3) is 0.467. The van der Waals surface area contributed by atoms with E-state index in [1.165, 1.54) is 12.2 Å². The third kappa shape index (κ3) is 6.26. The van der Waals surface area contributed by atoms with Crippen molar-refractivity contribution in [1.82, 2.24) is 10.2 Å². The minimum Gasteiger partial charge on any atom is -0.445 e. The smallest absolute Gasteiger partial charge is 0.410 e. The van der Waals surface area contributed by atoms with Crippen molar-refractivity contribution in [1.29, 1.82) is 0 Å². The van der Waals surface area contributed by atoms with Gasteiger partial charge in [0.2, 0.25) is 0 Å². The summed E-state index contributed by atoms with van der Waals surface area (Å²) in [4.78, 5) is 24.7. The number of ether oxygens (including phenoxy) is 2. The van der Waals surface area contributed by atoms with Crippen LogP contribution in [0.4, 0.5) is 9.59 Å². The van der Waals surface area contributed by atoms with E-state index < -0.39 is 6.09 Å². The monoisotopic (exact) mass is 326 g/mol. The highest BCUT2D eigenvalue weighted by atomic mass is 32.1. The van der Waals surface area contributed by atoms with Crippen molar-refractivity contribution in [3.63, 3.8) is 0 Å². The maximum absolute atomic E-state index is 11.9. The van der Waals surface area contributed by atoms with Gasteiger partial charge in [0.05, 0.1) is 6.04 Å². The van der Waals surface area contributed by atoms with Gasteiger partial charge in [0.1, 0.15) is 13.2 Å². The Labute approximate surface area is 136 Å². The van der Waals surface area contributed by atoms with E-state index in [4.69, 9.17) is 9.47 Å². The Hall–Kier alpha value is -1.89. The molecule has 0 aromatic rings. The van der Waals surface area contributed by atoms with Gasteiger partial charge in [0.15, 0.2) is 0 Å². The molecule has 2 amide bonds. The molecule has 1 heterocycles. The lowest BCUT2D eigenvalue weighted by molar-refractivity contribution is 0.114. The molecule has 0 saturated carbocycles. The number of thiol groups is 1. The molecular formula is C15H22N2O4S. The van der Waals surface area contributed by atoms with Crippen LogP contribution in [0.15, 0.2) is 37.5 Å². The molecule has 0 aromatic carbocycles. The Morgan fingerprint density at radius 3 is 2.64 bits per heavy atom. The van der Waals surface area contributed by atoms with Gasteiger partial charge in [-0.05, 0) is 6.42 Å². The van der Waals surface area contributed by atoms with Crippen molar-refractivity contribution < 1.29 is 19.1 Å². The fourth-order valence-electron chi connectivity index (χ4n) is 2.00. The number of carbonyl (C=O) groups excluding carboxylic acids is 2. The van der Waals surface area contributed by atoms with E-state index >= 15 is 0 Å². The van der Waals surface area contributed by atoms with Gasteiger partial charge in [-0.15, -0.1) is 0 Å². The summed E-state index contributed by atoms with van der Waals surface area (Å²) in [6, 6.07) is -0.0918.